The molecule has 0 radical (unpaired) electrons. The number of nitrogens with zero attached hydrogens (tertiary/aromatic N) is 2. The van der Waals surface area contributed by atoms with Gasteiger partial charge >= 0.3 is 0 Å². The van der Waals surface area contributed by atoms with Crippen LogP contribution in [0, 0.1) is 13.8 Å². The molecule has 134 valence electrons. The zero-order chi connectivity index (χ0) is 18.5. The first kappa shape index (κ1) is 18.3. The Morgan fingerprint density at radius 1 is 1.19 bits per heavy atom. The van der Waals surface area contributed by atoms with E-state index in [0.717, 1.165) is 16.4 Å². The highest BCUT2D eigenvalue weighted by Gasteiger charge is 2.18. The number of rotatable bonds is 6. The van der Waals surface area contributed by atoms with Crippen molar-refractivity contribution in [3.63, 3.8) is 0 Å². The number of carbonyl (C=O) groups excluding carboxylic acids is 1. The molecule has 3 rings (SSSR count). The first-order valence-electron chi connectivity index (χ1n) is 8.64. The molecule has 0 fully saturated rings. The van der Waals surface area contributed by atoms with Gasteiger partial charge in [-0.1, -0.05) is 54.2 Å². The van der Waals surface area contributed by atoms with E-state index >= 15 is 0 Å². The van der Waals surface area contributed by atoms with Gasteiger partial charge < -0.3 is 5.32 Å². The maximum Gasteiger partial charge on any atom is 0.233 e. The molecule has 0 saturated carbocycles. The number of aromatic nitrogens is 2. The molecule has 1 N–H and O–H groups in total. The molecule has 0 aliphatic carbocycles. The normalized spacial score (nSPS) is 12.0. The second-order valence-corrected chi connectivity index (χ2v) is 7.64. The largest absolute Gasteiger partial charge is 0.351 e. The second-order valence-electron chi connectivity index (χ2n) is 6.33. The minimum absolute atomic E-state index is 0.00867. The summed E-state index contributed by atoms with van der Waals surface area (Å²) in [7, 11) is 0. The van der Waals surface area contributed by atoms with Crippen molar-refractivity contribution in [3.05, 3.63) is 77.6 Å². The molecule has 0 aliphatic rings. The van der Waals surface area contributed by atoms with Gasteiger partial charge in [0.1, 0.15) is 0 Å². The van der Waals surface area contributed by atoms with Crippen LogP contribution in [0.2, 0.25) is 0 Å². The fourth-order valence-electron chi connectivity index (χ4n) is 2.68. The number of amides is 1. The Hall–Kier alpha value is -2.53. The lowest BCUT2D eigenvalue weighted by Crippen LogP contribution is -2.30. The van der Waals surface area contributed by atoms with Gasteiger partial charge in [0.05, 0.1) is 10.9 Å². The Kier molecular flexibility index (Phi) is 5.78. The maximum absolute atomic E-state index is 12.4. The predicted molar refractivity (Wildman–Crippen MR) is 107 cm³/mol. The van der Waals surface area contributed by atoms with Crippen molar-refractivity contribution in [1.29, 1.82) is 0 Å². The summed E-state index contributed by atoms with van der Waals surface area (Å²) in [6.07, 6.45) is 3.72. The average Bonchev–Trinajstić information content (AvgIpc) is 3.10. The number of aryl methyl sites for hydroxylation is 2. The number of thioether (sulfide) groups is 1. The van der Waals surface area contributed by atoms with E-state index in [-0.39, 0.29) is 11.2 Å². The number of carbonyl (C=O) groups is 1. The van der Waals surface area contributed by atoms with Crippen LogP contribution in [0.5, 0.6) is 0 Å². The molecule has 3 aromatic rings. The van der Waals surface area contributed by atoms with E-state index in [1.54, 1.807) is 6.20 Å². The van der Waals surface area contributed by atoms with Crippen molar-refractivity contribution in [3.8, 4) is 5.69 Å². The Bertz CT molecular complexity index is 889. The van der Waals surface area contributed by atoms with Crippen molar-refractivity contribution in [2.45, 2.75) is 37.7 Å². The number of hydrogen-bond donors (Lipinski definition) is 1. The third-order valence-electron chi connectivity index (χ3n) is 4.19. The Labute approximate surface area is 158 Å². The average molecular weight is 366 g/mol. The highest BCUT2D eigenvalue weighted by Crippen LogP contribution is 2.26. The quantitative estimate of drug-likeness (QED) is 0.663. The predicted octanol–water partition coefficient (Wildman–Crippen LogP) is 4.29. The molecule has 26 heavy (non-hydrogen) atoms. The van der Waals surface area contributed by atoms with Crippen molar-refractivity contribution < 1.29 is 4.79 Å². The number of benzene rings is 2. The zero-order valence-corrected chi connectivity index (χ0v) is 16.1. The summed E-state index contributed by atoms with van der Waals surface area (Å²) in [5, 5.41) is 3.58. The van der Waals surface area contributed by atoms with Gasteiger partial charge in [0.25, 0.3) is 0 Å². The van der Waals surface area contributed by atoms with E-state index in [1.807, 2.05) is 48.0 Å². The minimum atomic E-state index is -0.232. The second kappa shape index (κ2) is 8.23. The van der Waals surface area contributed by atoms with Gasteiger partial charge in [-0.15, -0.1) is 0 Å². The van der Waals surface area contributed by atoms with E-state index in [4.69, 9.17) is 0 Å². The van der Waals surface area contributed by atoms with E-state index in [0.29, 0.717) is 6.54 Å². The molecule has 1 amide bonds. The standard InChI is InChI=1S/C21H23N3OS/c1-15-9-10-16(2)19(13-15)24-12-11-22-21(24)26-17(3)20(25)23-14-18-7-5-4-6-8-18/h4-13,17H,14H2,1-3H3,(H,23,25)/t17-/m0/s1. The molecule has 1 atom stereocenters. The molecule has 0 unspecified atom stereocenters. The monoisotopic (exact) mass is 365 g/mol. The smallest absolute Gasteiger partial charge is 0.233 e. The van der Waals surface area contributed by atoms with Crippen LogP contribution in [-0.4, -0.2) is 20.7 Å². The molecular weight excluding hydrogens is 342 g/mol. The molecule has 0 aliphatic heterocycles. The molecule has 2 aromatic carbocycles. The van der Waals surface area contributed by atoms with Crippen LogP contribution in [0.25, 0.3) is 5.69 Å². The number of nitrogens with one attached hydrogen (secondary N) is 1. The molecule has 0 spiro atoms. The van der Waals surface area contributed by atoms with E-state index in [9.17, 15) is 4.79 Å². The molecular formula is C21H23N3OS. The van der Waals surface area contributed by atoms with Gasteiger partial charge in [-0.25, -0.2) is 4.98 Å². The lowest BCUT2D eigenvalue weighted by atomic mass is 10.1. The lowest BCUT2D eigenvalue weighted by molar-refractivity contribution is -0.120. The van der Waals surface area contributed by atoms with Crippen LogP contribution in [0.3, 0.4) is 0 Å². The van der Waals surface area contributed by atoms with Crippen LogP contribution in [0.4, 0.5) is 0 Å². The van der Waals surface area contributed by atoms with Crippen molar-refractivity contribution in [2.75, 3.05) is 0 Å². The summed E-state index contributed by atoms with van der Waals surface area (Å²) in [4.78, 5) is 16.9. The van der Waals surface area contributed by atoms with Crippen molar-refractivity contribution in [2.24, 2.45) is 0 Å². The first-order valence-corrected chi connectivity index (χ1v) is 9.52. The van der Waals surface area contributed by atoms with Gasteiger partial charge in [0, 0.05) is 18.9 Å². The highest BCUT2D eigenvalue weighted by molar-refractivity contribution is 8.00. The first-order chi connectivity index (χ1) is 12.5. The SMILES string of the molecule is Cc1ccc(C)c(-n2ccnc2S[C@@H](C)C(=O)NCc2ccccc2)c1. The molecule has 5 heteroatoms. The summed E-state index contributed by atoms with van der Waals surface area (Å²) in [5.74, 6) is 0.00867. The maximum atomic E-state index is 12.4. The van der Waals surface area contributed by atoms with E-state index in [1.165, 1.54) is 22.9 Å². The molecule has 4 nitrogen and oxygen atoms in total. The van der Waals surface area contributed by atoms with Crippen LogP contribution in [0.15, 0.2) is 66.1 Å². The van der Waals surface area contributed by atoms with Gasteiger partial charge in [0.15, 0.2) is 5.16 Å². The molecule has 0 saturated heterocycles. The third-order valence-corrected chi connectivity index (χ3v) is 5.27. The van der Waals surface area contributed by atoms with Gasteiger partial charge in [-0.05, 0) is 43.5 Å². The Balaban J connectivity index is 1.68. The third kappa shape index (κ3) is 4.35. The topological polar surface area (TPSA) is 46.9 Å². The molecule has 1 heterocycles. The highest BCUT2D eigenvalue weighted by atomic mass is 32.2. The zero-order valence-electron chi connectivity index (χ0n) is 15.3. The minimum Gasteiger partial charge on any atom is -0.351 e. The number of hydrogen-bond acceptors (Lipinski definition) is 3. The summed E-state index contributed by atoms with van der Waals surface area (Å²) < 4.78 is 2.05. The summed E-state index contributed by atoms with van der Waals surface area (Å²) in [6, 6.07) is 16.3. The molecule has 0 bridgehead atoms. The van der Waals surface area contributed by atoms with E-state index in [2.05, 4.69) is 42.3 Å². The Morgan fingerprint density at radius 2 is 1.96 bits per heavy atom. The van der Waals surface area contributed by atoms with Crippen LogP contribution in [0.1, 0.15) is 23.6 Å². The van der Waals surface area contributed by atoms with Crippen molar-refractivity contribution >= 4 is 17.7 Å². The fourth-order valence-corrected chi connectivity index (χ4v) is 3.58. The lowest BCUT2D eigenvalue weighted by Gasteiger charge is -2.15. The number of imidazole rings is 1. The van der Waals surface area contributed by atoms with E-state index < -0.39 is 0 Å². The fraction of sp³-hybridized carbons (Fsp3) is 0.238. The summed E-state index contributed by atoms with van der Waals surface area (Å²) in [6.45, 7) is 6.61. The Morgan fingerprint density at radius 3 is 2.73 bits per heavy atom. The van der Waals surface area contributed by atoms with Gasteiger partial charge in [0.2, 0.25) is 5.91 Å². The van der Waals surface area contributed by atoms with Crippen molar-refractivity contribution in [1.82, 2.24) is 14.9 Å². The van der Waals surface area contributed by atoms with Crippen LogP contribution in [-0.2, 0) is 11.3 Å². The van der Waals surface area contributed by atoms with Gasteiger partial charge in [-0.3, -0.25) is 9.36 Å². The molecule has 1 aromatic heterocycles. The summed E-state index contributed by atoms with van der Waals surface area (Å²) >= 11 is 1.47. The van der Waals surface area contributed by atoms with Gasteiger partial charge in [-0.2, -0.15) is 0 Å². The summed E-state index contributed by atoms with van der Waals surface area (Å²) in [5.41, 5.74) is 4.57. The van der Waals surface area contributed by atoms with Crippen LogP contribution >= 0.6 is 11.8 Å². The van der Waals surface area contributed by atoms with Crippen LogP contribution < -0.4 is 5.32 Å².